The second-order valence-electron chi connectivity index (χ2n) is 11.7. The monoisotopic (exact) mass is 615 g/mol. The van der Waals surface area contributed by atoms with Crippen LogP contribution < -0.4 is 14.5 Å². The Morgan fingerprint density at radius 1 is 1.18 bits per heavy atom. The Bertz CT molecular complexity index is 1470. The fourth-order valence-electron chi connectivity index (χ4n) is 6.65. The van der Waals surface area contributed by atoms with Gasteiger partial charge >= 0.3 is 6.01 Å². The number of fused-ring (bicyclic) bond motifs is 1. The molecule has 2 atom stereocenters. The fourth-order valence-corrected chi connectivity index (χ4v) is 6.86. The Hall–Kier alpha value is -3.87. The average Bonchev–Trinajstić information content (AvgIpc) is 3.31. The number of benzene rings is 1. The summed E-state index contributed by atoms with van der Waals surface area (Å²) in [6.45, 7) is 14.3. The first kappa shape index (κ1) is 31.6. The van der Waals surface area contributed by atoms with Crippen molar-refractivity contribution >= 4 is 40.1 Å². The van der Waals surface area contributed by atoms with Gasteiger partial charge in [0.1, 0.15) is 12.4 Å². The van der Waals surface area contributed by atoms with Crippen molar-refractivity contribution < 1.29 is 9.53 Å². The second kappa shape index (κ2) is 14.3. The van der Waals surface area contributed by atoms with Crippen LogP contribution in [0.25, 0.3) is 11.1 Å². The van der Waals surface area contributed by atoms with Gasteiger partial charge in [-0.3, -0.25) is 4.79 Å². The number of likely N-dealkylation sites (tertiary alicyclic amines) is 1. The number of rotatable bonds is 9. The van der Waals surface area contributed by atoms with Crippen LogP contribution in [0.2, 0.25) is 0 Å². The van der Waals surface area contributed by atoms with Crippen LogP contribution >= 0.6 is 11.6 Å². The highest BCUT2D eigenvalue weighted by Crippen LogP contribution is 2.37. The maximum absolute atomic E-state index is 12.6. The number of carbonyl (C=O) groups is 1. The Morgan fingerprint density at radius 3 is 2.73 bits per heavy atom. The lowest BCUT2D eigenvalue weighted by Crippen LogP contribution is -2.55. The van der Waals surface area contributed by atoms with Gasteiger partial charge in [0.2, 0.25) is 5.91 Å². The van der Waals surface area contributed by atoms with E-state index in [4.69, 9.17) is 26.3 Å². The summed E-state index contributed by atoms with van der Waals surface area (Å²) in [5.41, 5.74) is 4.99. The number of amides is 1. The van der Waals surface area contributed by atoms with Gasteiger partial charge in [0, 0.05) is 54.1 Å². The molecule has 2 saturated heterocycles. The van der Waals surface area contributed by atoms with E-state index in [1.54, 1.807) is 4.90 Å². The zero-order valence-corrected chi connectivity index (χ0v) is 26.6. The van der Waals surface area contributed by atoms with Gasteiger partial charge in [-0.25, -0.2) is 0 Å². The molecule has 9 nitrogen and oxygen atoms in total. The van der Waals surface area contributed by atoms with E-state index in [0.29, 0.717) is 49.9 Å². The summed E-state index contributed by atoms with van der Waals surface area (Å²) in [6.07, 6.45) is 9.57. The molecule has 0 radical (unpaired) electrons. The predicted molar refractivity (Wildman–Crippen MR) is 177 cm³/mol. The molecule has 5 rings (SSSR count). The van der Waals surface area contributed by atoms with Gasteiger partial charge < -0.3 is 24.3 Å². The van der Waals surface area contributed by atoms with Crippen LogP contribution in [0.15, 0.2) is 43.5 Å². The summed E-state index contributed by atoms with van der Waals surface area (Å²) in [5, 5.41) is 10.1. The van der Waals surface area contributed by atoms with Crippen LogP contribution in [0.5, 0.6) is 6.01 Å². The lowest BCUT2D eigenvalue weighted by Gasteiger charge is -2.41. The highest BCUT2D eigenvalue weighted by atomic mass is 35.5. The molecule has 2 fully saturated rings. The summed E-state index contributed by atoms with van der Waals surface area (Å²) in [4.78, 5) is 31.2. The van der Waals surface area contributed by atoms with Crippen molar-refractivity contribution in [1.82, 2.24) is 19.8 Å². The highest BCUT2D eigenvalue weighted by molar-refractivity contribution is 6.49. The van der Waals surface area contributed by atoms with E-state index in [2.05, 4.69) is 65.2 Å². The highest BCUT2D eigenvalue weighted by Gasteiger charge is 2.33. The molecule has 1 aromatic carbocycles. The van der Waals surface area contributed by atoms with E-state index in [0.717, 1.165) is 72.7 Å². The molecule has 44 heavy (non-hydrogen) atoms. The Morgan fingerprint density at radius 2 is 2.02 bits per heavy atom. The first-order valence-electron chi connectivity index (χ1n) is 15.5. The number of nitrogens with zero attached hydrogens (tertiary/aromatic N) is 7. The quantitative estimate of drug-likeness (QED) is 0.353. The number of halogens is 1. The summed E-state index contributed by atoms with van der Waals surface area (Å²) >= 11 is 6.59. The molecule has 0 N–H and O–H groups in total. The van der Waals surface area contributed by atoms with E-state index < -0.39 is 0 Å². The van der Waals surface area contributed by atoms with Crippen LogP contribution in [0, 0.1) is 11.3 Å². The van der Waals surface area contributed by atoms with Gasteiger partial charge in [-0.2, -0.15) is 15.2 Å². The van der Waals surface area contributed by atoms with Crippen molar-refractivity contribution in [2.45, 2.75) is 57.7 Å². The van der Waals surface area contributed by atoms with Crippen molar-refractivity contribution in [2.75, 3.05) is 56.2 Å². The molecule has 3 aliphatic heterocycles. The number of piperazine rings is 1. The number of aromatic nitrogens is 2. The lowest BCUT2D eigenvalue weighted by atomic mass is 10.0. The van der Waals surface area contributed by atoms with Gasteiger partial charge in [0.25, 0.3) is 0 Å². The third-order valence-corrected chi connectivity index (χ3v) is 9.11. The number of likely N-dealkylation sites (N-methyl/N-ethyl adjacent to an activating group) is 1. The number of anilines is 2. The van der Waals surface area contributed by atoms with Crippen molar-refractivity contribution in [3.63, 3.8) is 0 Å². The minimum atomic E-state index is -0.254. The zero-order chi connectivity index (χ0) is 31.2. The standard InChI is InChI=1S/C34H42ClN7O2/c1-5-10-25-11-7-14-30(32(25)24(3)35)40-18-9-13-28-29(22-40)37-34(44-23-27-12-8-17-39(27)4)38-33(28)41-19-20-42(31(43)6-2)26(21-41)15-16-36/h5-7,10-11,14,26-27H,2-3,8-9,12-13,15,17-23H2,1,4H3/b10-5-/t26-,27-/m0/s1. The minimum absolute atomic E-state index is 0.149. The molecule has 0 bridgehead atoms. The molecule has 232 valence electrons. The normalized spacial score (nSPS) is 20.7. The van der Waals surface area contributed by atoms with Crippen LogP contribution in [0.4, 0.5) is 11.5 Å². The Kier molecular flexibility index (Phi) is 10.2. The number of carbonyl (C=O) groups excluding carboxylic acids is 1. The van der Waals surface area contributed by atoms with Crippen LogP contribution in [-0.4, -0.2) is 84.1 Å². The molecule has 1 amide bonds. The molecule has 0 aliphatic carbocycles. The molecular weight excluding hydrogens is 574 g/mol. The number of nitriles is 1. The Balaban J connectivity index is 1.52. The predicted octanol–water partition coefficient (Wildman–Crippen LogP) is 5.26. The van der Waals surface area contributed by atoms with E-state index in [1.165, 1.54) is 6.08 Å². The lowest BCUT2D eigenvalue weighted by molar-refractivity contribution is -0.128. The zero-order valence-electron chi connectivity index (χ0n) is 25.8. The van der Waals surface area contributed by atoms with Crippen LogP contribution in [0.1, 0.15) is 55.0 Å². The first-order valence-corrected chi connectivity index (χ1v) is 15.9. The molecule has 0 unspecified atom stereocenters. The van der Waals surface area contributed by atoms with Crippen molar-refractivity contribution in [3.8, 4) is 12.1 Å². The SMILES string of the molecule is C=CC(=O)N1CCN(c2nc(OC[C@@H]3CCCN3C)nc3c2CCCN(c2cccc(/C=C\C)c2C(=C)Cl)C3)C[C@@H]1CC#N. The molecule has 4 heterocycles. The molecule has 0 spiro atoms. The summed E-state index contributed by atoms with van der Waals surface area (Å²) in [5.74, 6) is 0.688. The molecule has 3 aliphatic rings. The van der Waals surface area contributed by atoms with Crippen LogP contribution in [-0.2, 0) is 17.8 Å². The minimum Gasteiger partial charge on any atom is -0.462 e. The largest absolute Gasteiger partial charge is 0.462 e. The van der Waals surface area contributed by atoms with Gasteiger partial charge in [-0.1, -0.05) is 49.0 Å². The van der Waals surface area contributed by atoms with Crippen molar-refractivity contribution in [3.05, 3.63) is 65.9 Å². The van der Waals surface area contributed by atoms with Gasteiger partial charge in [-0.05, 0) is 63.9 Å². The number of hydrogen-bond acceptors (Lipinski definition) is 8. The topological polar surface area (TPSA) is 88.8 Å². The van der Waals surface area contributed by atoms with E-state index in [1.807, 2.05) is 13.0 Å². The van der Waals surface area contributed by atoms with Gasteiger partial charge in [-0.15, -0.1) is 0 Å². The van der Waals surface area contributed by atoms with E-state index in [-0.39, 0.29) is 18.4 Å². The van der Waals surface area contributed by atoms with E-state index >= 15 is 0 Å². The summed E-state index contributed by atoms with van der Waals surface area (Å²) in [7, 11) is 2.13. The average molecular weight is 616 g/mol. The molecule has 0 saturated carbocycles. The third kappa shape index (κ3) is 6.77. The molecular formula is C34H42ClN7O2. The number of hydrogen-bond donors (Lipinski definition) is 0. The maximum atomic E-state index is 12.6. The second-order valence-corrected chi connectivity index (χ2v) is 12.2. The Labute approximate surface area is 266 Å². The van der Waals surface area contributed by atoms with E-state index in [9.17, 15) is 10.1 Å². The first-order chi connectivity index (χ1) is 21.3. The van der Waals surface area contributed by atoms with Gasteiger partial charge in [0.05, 0.1) is 30.8 Å². The smallest absolute Gasteiger partial charge is 0.318 e. The number of ether oxygens (including phenoxy) is 1. The third-order valence-electron chi connectivity index (χ3n) is 8.92. The molecule has 2 aromatic rings. The summed E-state index contributed by atoms with van der Waals surface area (Å²) in [6, 6.07) is 8.91. The maximum Gasteiger partial charge on any atom is 0.318 e. The summed E-state index contributed by atoms with van der Waals surface area (Å²) < 4.78 is 6.32. The van der Waals surface area contributed by atoms with Crippen molar-refractivity contribution in [2.24, 2.45) is 0 Å². The fraction of sp³-hybridized carbons (Fsp3) is 0.471. The molecule has 10 heteroatoms. The van der Waals surface area contributed by atoms with Crippen LogP contribution in [0.3, 0.4) is 0 Å². The number of allylic oxidation sites excluding steroid dienone is 1. The molecule has 1 aromatic heterocycles. The van der Waals surface area contributed by atoms with Crippen molar-refractivity contribution in [1.29, 1.82) is 5.26 Å². The van der Waals surface area contributed by atoms with Gasteiger partial charge in [0.15, 0.2) is 0 Å².